The summed E-state index contributed by atoms with van der Waals surface area (Å²) < 4.78 is 0. The smallest absolute Gasteiger partial charge is 0.262 e. The Morgan fingerprint density at radius 2 is 1.12 bits per heavy atom. The normalized spacial score (nSPS) is 11.5. The van der Waals surface area contributed by atoms with Crippen LogP contribution in [0.5, 0.6) is 0 Å². The third-order valence-corrected chi connectivity index (χ3v) is 10.2. The van der Waals surface area contributed by atoms with Gasteiger partial charge in [-0.25, -0.2) is 0 Å². The van der Waals surface area contributed by atoms with Crippen LogP contribution in [0.2, 0.25) is 0 Å². The van der Waals surface area contributed by atoms with Crippen LogP contribution >= 0.6 is 45.3 Å². The van der Waals surface area contributed by atoms with Gasteiger partial charge in [-0.05, 0) is 70.4 Å². The van der Waals surface area contributed by atoms with Crippen molar-refractivity contribution in [3.05, 3.63) is 116 Å². The predicted octanol–water partition coefficient (Wildman–Crippen LogP) is 7.71. The number of nitrogens with zero attached hydrogens (tertiary/aromatic N) is 2. The van der Waals surface area contributed by atoms with Crippen molar-refractivity contribution in [2.75, 3.05) is 0 Å². The summed E-state index contributed by atoms with van der Waals surface area (Å²) in [7, 11) is 0. The first-order chi connectivity index (χ1) is 20.5. The van der Waals surface area contributed by atoms with Crippen LogP contribution in [0.15, 0.2) is 94.7 Å². The Bertz CT molecular complexity index is 1710. The number of nitrogens with one attached hydrogen (secondary N) is 2. The highest BCUT2D eigenvalue weighted by molar-refractivity contribution is 7.22. The molecule has 0 aliphatic heterocycles. The summed E-state index contributed by atoms with van der Waals surface area (Å²) >= 11 is 6.33. The molecule has 4 aromatic heterocycles. The van der Waals surface area contributed by atoms with E-state index in [0.29, 0.717) is 0 Å². The number of rotatable bonds is 10. The molecule has 42 heavy (non-hydrogen) atoms. The van der Waals surface area contributed by atoms with Gasteiger partial charge >= 0.3 is 0 Å². The maximum Gasteiger partial charge on any atom is 0.262 e. The van der Waals surface area contributed by atoms with E-state index in [0.717, 1.165) is 40.4 Å². The fraction of sp³-hybridized carbons (Fsp3) is 0.0625. The maximum atomic E-state index is 12.7. The van der Waals surface area contributed by atoms with E-state index in [2.05, 4.69) is 10.6 Å². The standard InChI is InChI=1S/C32H22N4O2S4/c33-17-23(15-25-8-10-29(41-25)27-6-2-12-39-27)31(37)35-19-21-4-1-5-22(14-21)20-36-32(38)24(18-34)16-26-9-11-30(42-26)28-7-3-13-40-28/h1-16H,19-20H2,(H,35,37)(H,36,38)/b23-15-,24-16-. The minimum absolute atomic E-state index is 0.0297. The van der Waals surface area contributed by atoms with E-state index in [9.17, 15) is 20.1 Å². The van der Waals surface area contributed by atoms with E-state index in [4.69, 9.17) is 0 Å². The first-order valence-corrected chi connectivity index (χ1v) is 16.1. The zero-order valence-electron chi connectivity index (χ0n) is 22.0. The molecule has 4 heterocycles. The molecule has 0 aliphatic carbocycles. The second-order valence-corrected chi connectivity index (χ2v) is 13.0. The van der Waals surface area contributed by atoms with Gasteiger partial charge in [-0.15, -0.1) is 45.3 Å². The summed E-state index contributed by atoms with van der Waals surface area (Å²) in [5, 5.41) is 28.8. The van der Waals surface area contributed by atoms with E-state index < -0.39 is 11.8 Å². The largest absolute Gasteiger partial charge is 0.347 e. The van der Waals surface area contributed by atoms with Gasteiger partial charge in [0, 0.05) is 42.4 Å². The third-order valence-electron chi connectivity index (χ3n) is 5.98. The number of nitriles is 2. The van der Waals surface area contributed by atoms with Crippen LogP contribution in [0.1, 0.15) is 20.9 Å². The fourth-order valence-corrected chi connectivity index (χ4v) is 7.52. The van der Waals surface area contributed by atoms with Gasteiger partial charge in [0.05, 0.1) is 0 Å². The molecular formula is C32H22N4O2S4. The summed E-state index contributed by atoms with van der Waals surface area (Å²) in [4.78, 5) is 31.6. The van der Waals surface area contributed by atoms with Crippen LogP contribution in [0, 0.1) is 22.7 Å². The van der Waals surface area contributed by atoms with Crippen molar-refractivity contribution in [1.29, 1.82) is 10.5 Å². The summed E-state index contributed by atoms with van der Waals surface area (Å²) in [6, 6.07) is 27.2. The molecule has 0 saturated carbocycles. The van der Waals surface area contributed by atoms with Crippen LogP contribution in [0.4, 0.5) is 0 Å². The molecule has 0 saturated heterocycles. The van der Waals surface area contributed by atoms with Gasteiger partial charge in [-0.2, -0.15) is 10.5 Å². The van der Waals surface area contributed by atoms with Gasteiger partial charge in [0.2, 0.25) is 0 Å². The van der Waals surface area contributed by atoms with Crippen LogP contribution in [0.3, 0.4) is 0 Å². The first kappa shape index (κ1) is 28.9. The second kappa shape index (κ2) is 13.9. The Hall–Kier alpha value is -4.58. The van der Waals surface area contributed by atoms with Gasteiger partial charge in [-0.3, -0.25) is 9.59 Å². The van der Waals surface area contributed by atoms with Crippen molar-refractivity contribution in [2.45, 2.75) is 13.1 Å². The summed E-state index contributed by atoms with van der Waals surface area (Å²) in [5.74, 6) is -0.913. The SMILES string of the molecule is N#C/C(=C/c1ccc(-c2cccs2)s1)C(=O)NCc1cccc(CNC(=O)/C(C#N)=C\c2ccc(-c3cccs3)s2)c1. The lowest BCUT2D eigenvalue weighted by molar-refractivity contribution is -0.118. The monoisotopic (exact) mass is 622 g/mol. The molecule has 10 heteroatoms. The number of benzene rings is 1. The molecule has 2 amide bonds. The van der Waals surface area contributed by atoms with E-state index in [1.54, 1.807) is 34.8 Å². The Labute approximate surface area is 259 Å². The predicted molar refractivity (Wildman–Crippen MR) is 173 cm³/mol. The topological polar surface area (TPSA) is 106 Å². The maximum absolute atomic E-state index is 12.7. The fourth-order valence-electron chi connectivity index (χ4n) is 3.95. The van der Waals surface area contributed by atoms with E-state index >= 15 is 0 Å². The highest BCUT2D eigenvalue weighted by atomic mass is 32.1. The molecule has 1 aromatic carbocycles. The number of amides is 2. The van der Waals surface area contributed by atoms with Gasteiger partial charge in [0.25, 0.3) is 11.8 Å². The minimum Gasteiger partial charge on any atom is -0.347 e. The lowest BCUT2D eigenvalue weighted by atomic mass is 10.1. The third kappa shape index (κ3) is 7.38. The molecule has 0 bridgehead atoms. The molecule has 206 valence electrons. The Morgan fingerprint density at radius 3 is 1.52 bits per heavy atom. The van der Waals surface area contributed by atoms with Crippen LogP contribution < -0.4 is 10.6 Å². The van der Waals surface area contributed by atoms with Gasteiger partial charge < -0.3 is 10.6 Å². The van der Waals surface area contributed by atoms with Crippen molar-refractivity contribution in [3.8, 4) is 31.6 Å². The van der Waals surface area contributed by atoms with Crippen LogP contribution in [0.25, 0.3) is 31.7 Å². The summed E-state index contributed by atoms with van der Waals surface area (Å²) in [6.45, 7) is 0.442. The summed E-state index contributed by atoms with van der Waals surface area (Å²) in [5.41, 5.74) is 1.70. The van der Waals surface area contributed by atoms with Gasteiger partial charge in [-0.1, -0.05) is 36.4 Å². The number of carbonyl (C=O) groups excluding carboxylic acids is 2. The van der Waals surface area contributed by atoms with Crippen molar-refractivity contribution >= 4 is 69.3 Å². The molecule has 0 fully saturated rings. The van der Waals surface area contributed by atoms with E-state index in [1.165, 1.54) is 22.7 Å². The van der Waals surface area contributed by atoms with Crippen molar-refractivity contribution in [2.24, 2.45) is 0 Å². The molecule has 0 radical (unpaired) electrons. The molecule has 0 unspecified atom stereocenters. The van der Waals surface area contributed by atoms with Crippen molar-refractivity contribution < 1.29 is 9.59 Å². The van der Waals surface area contributed by atoms with E-state index in [1.807, 2.05) is 95.7 Å². The molecule has 2 N–H and O–H groups in total. The molecular weight excluding hydrogens is 601 g/mol. The minimum atomic E-state index is -0.457. The highest BCUT2D eigenvalue weighted by Gasteiger charge is 2.13. The average Bonchev–Trinajstić information content (AvgIpc) is 3.83. The molecule has 6 nitrogen and oxygen atoms in total. The number of hydrogen-bond donors (Lipinski definition) is 2. The summed E-state index contributed by atoms with van der Waals surface area (Å²) in [6.07, 6.45) is 3.20. The first-order valence-electron chi connectivity index (χ1n) is 12.7. The Balaban J connectivity index is 1.16. The molecule has 0 atom stereocenters. The zero-order valence-corrected chi connectivity index (χ0v) is 25.3. The van der Waals surface area contributed by atoms with Crippen LogP contribution in [-0.2, 0) is 22.7 Å². The Kier molecular flexibility index (Phi) is 9.55. The quantitative estimate of drug-likeness (QED) is 0.123. The average molecular weight is 623 g/mol. The van der Waals surface area contributed by atoms with E-state index in [-0.39, 0.29) is 24.2 Å². The van der Waals surface area contributed by atoms with Crippen molar-refractivity contribution in [3.63, 3.8) is 0 Å². The lowest BCUT2D eigenvalue weighted by Crippen LogP contribution is -2.25. The lowest BCUT2D eigenvalue weighted by Gasteiger charge is -2.08. The van der Waals surface area contributed by atoms with Crippen LogP contribution in [-0.4, -0.2) is 11.8 Å². The number of carbonyl (C=O) groups is 2. The Morgan fingerprint density at radius 1 is 0.643 bits per heavy atom. The number of thiophene rings is 4. The zero-order chi connectivity index (χ0) is 29.3. The van der Waals surface area contributed by atoms with Crippen molar-refractivity contribution in [1.82, 2.24) is 10.6 Å². The number of hydrogen-bond acceptors (Lipinski definition) is 8. The molecule has 5 aromatic rings. The second-order valence-electron chi connectivity index (χ2n) is 8.88. The molecule has 0 spiro atoms. The highest BCUT2D eigenvalue weighted by Crippen LogP contribution is 2.33. The van der Waals surface area contributed by atoms with Gasteiger partial charge in [0.15, 0.2) is 0 Å². The van der Waals surface area contributed by atoms with Gasteiger partial charge in [0.1, 0.15) is 23.3 Å². The molecule has 0 aliphatic rings. The molecule has 5 rings (SSSR count).